The molecule has 4 aromatic rings. The number of nitro groups is 2. The second-order valence-corrected chi connectivity index (χ2v) is 10.7. The number of benzene rings is 3. The Kier molecular flexibility index (Phi) is 8.42. The Morgan fingerprint density at radius 1 is 1.00 bits per heavy atom. The monoisotopic (exact) mass is 597 g/mol. The molecule has 0 aliphatic rings. The number of ether oxygens (including phenoxy) is 1. The van der Waals surface area contributed by atoms with Crippen LogP contribution in [0.2, 0.25) is 0 Å². The molecule has 1 heterocycles. The average Bonchev–Trinajstić information content (AvgIpc) is 3.24. The quantitative estimate of drug-likeness (QED) is 0.114. The summed E-state index contributed by atoms with van der Waals surface area (Å²) >= 11 is 4.70. The Balaban J connectivity index is 1.68. The molecule has 0 saturated carbocycles. The van der Waals surface area contributed by atoms with Gasteiger partial charge in [0.15, 0.2) is 5.16 Å². The summed E-state index contributed by atoms with van der Waals surface area (Å²) in [5.74, 6) is 1.10. The summed E-state index contributed by atoms with van der Waals surface area (Å²) in [5.41, 5.74) is 4.30. The Labute approximate surface area is 231 Å². The smallest absolute Gasteiger partial charge is 0.269 e. The van der Waals surface area contributed by atoms with Gasteiger partial charge in [-0.1, -0.05) is 45.9 Å². The zero-order valence-corrected chi connectivity index (χ0v) is 23.2. The first-order valence-corrected chi connectivity index (χ1v) is 13.2. The summed E-state index contributed by atoms with van der Waals surface area (Å²) in [7, 11) is 0. The number of non-ortho nitro benzene ring substituents is 1. The van der Waals surface area contributed by atoms with Crippen LogP contribution in [0.4, 0.5) is 5.69 Å². The molecular formula is C26H24BrN5O5S. The Morgan fingerprint density at radius 2 is 1.79 bits per heavy atom. The van der Waals surface area contributed by atoms with E-state index in [9.17, 15) is 20.2 Å². The second-order valence-electron chi connectivity index (χ2n) is 8.65. The number of thioether (sulfide) groups is 1. The number of nitro benzene ring substituents is 1. The number of halogens is 1. The summed E-state index contributed by atoms with van der Waals surface area (Å²) in [6.45, 7) is 5.56. The predicted octanol–water partition coefficient (Wildman–Crippen LogP) is 6.55. The van der Waals surface area contributed by atoms with E-state index in [2.05, 4.69) is 26.1 Å². The van der Waals surface area contributed by atoms with Gasteiger partial charge in [-0.15, -0.1) is 10.2 Å². The van der Waals surface area contributed by atoms with Gasteiger partial charge < -0.3 is 4.74 Å². The zero-order valence-electron chi connectivity index (χ0n) is 20.8. The van der Waals surface area contributed by atoms with Gasteiger partial charge in [-0.3, -0.25) is 24.8 Å². The van der Waals surface area contributed by atoms with E-state index < -0.39 is 10.2 Å². The van der Waals surface area contributed by atoms with Crippen molar-refractivity contribution in [1.29, 1.82) is 0 Å². The summed E-state index contributed by atoms with van der Waals surface area (Å²) in [4.78, 5) is 22.0. The Bertz CT molecular complexity index is 1510. The van der Waals surface area contributed by atoms with Crippen LogP contribution in [0.3, 0.4) is 0 Å². The summed E-state index contributed by atoms with van der Waals surface area (Å²) in [6, 6.07) is 17.5. The van der Waals surface area contributed by atoms with Gasteiger partial charge in [0.1, 0.15) is 23.4 Å². The fraction of sp³-hybridized carbons (Fsp3) is 0.231. The lowest BCUT2D eigenvalue weighted by Gasteiger charge is -2.18. The highest BCUT2D eigenvalue weighted by Crippen LogP contribution is 2.41. The molecule has 0 bridgehead atoms. The highest BCUT2D eigenvalue weighted by atomic mass is 79.9. The molecule has 196 valence electrons. The van der Waals surface area contributed by atoms with E-state index in [1.807, 2.05) is 43.5 Å². The van der Waals surface area contributed by atoms with Crippen molar-refractivity contribution in [3.63, 3.8) is 0 Å². The van der Waals surface area contributed by atoms with Crippen LogP contribution >= 0.6 is 27.7 Å². The van der Waals surface area contributed by atoms with Crippen LogP contribution < -0.4 is 4.74 Å². The van der Waals surface area contributed by atoms with Gasteiger partial charge in [0.2, 0.25) is 6.54 Å². The lowest BCUT2D eigenvalue weighted by molar-refractivity contribution is -0.479. The van der Waals surface area contributed by atoms with Gasteiger partial charge in [-0.05, 0) is 67.8 Å². The number of hydrogen-bond donors (Lipinski definition) is 0. The van der Waals surface area contributed by atoms with Gasteiger partial charge >= 0.3 is 0 Å². The molecule has 0 N–H and O–H groups in total. The van der Waals surface area contributed by atoms with Crippen molar-refractivity contribution >= 4 is 33.4 Å². The second kappa shape index (κ2) is 11.7. The van der Waals surface area contributed by atoms with Crippen molar-refractivity contribution in [2.24, 2.45) is 0 Å². The number of hydrogen-bond acceptors (Lipinski definition) is 8. The highest BCUT2D eigenvalue weighted by Gasteiger charge is 2.27. The van der Waals surface area contributed by atoms with Crippen LogP contribution in [0.5, 0.6) is 5.75 Å². The molecule has 0 aliphatic carbocycles. The Morgan fingerprint density at radius 3 is 2.50 bits per heavy atom. The number of rotatable bonds is 10. The molecule has 38 heavy (non-hydrogen) atoms. The lowest BCUT2D eigenvalue weighted by atomic mass is 10.1. The minimum absolute atomic E-state index is 0.0371. The molecule has 0 amide bonds. The van der Waals surface area contributed by atoms with Crippen molar-refractivity contribution < 1.29 is 14.6 Å². The van der Waals surface area contributed by atoms with E-state index in [4.69, 9.17) is 4.74 Å². The van der Waals surface area contributed by atoms with Crippen molar-refractivity contribution in [2.45, 2.75) is 37.8 Å². The van der Waals surface area contributed by atoms with E-state index in [1.165, 1.54) is 23.9 Å². The first kappa shape index (κ1) is 27.3. The van der Waals surface area contributed by atoms with Gasteiger partial charge in [-0.25, -0.2) is 0 Å². The average molecular weight is 598 g/mol. The molecule has 0 unspecified atom stereocenters. The van der Waals surface area contributed by atoms with E-state index in [0.717, 1.165) is 21.3 Å². The molecule has 0 aliphatic heterocycles. The summed E-state index contributed by atoms with van der Waals surface area (Å²) < 4.78 is 8.65. The topological polar surface area (TPSA) is 126 Å². The minimum atomic E-state index is -0.656. The van der Waals surface area contributed by atoms with Crippen LogP contribution in [0, 0.1) is 41.0 Å². The Hall–Kier alpha value is -3.77. The third-order valence-corrected chi connectivity index (χ3v) is 7.60. The van der Waals surface area contributed by atoms with Crippen LogP contribution in [-0.4, -0.2) is 31.2 Å². The molecular weight excluding hydrogens is 574 g/mol. The zero-order chi connectivity index (χ0) is 27.4. The van der Waals surface area contributed by atoms with E-state index >= 15 is 0 Å². The maximum Gasteiger partial charge on any atom is 0.269 e. The fourth-order valence-electron chi connectivity index (χ4n) is 3.87. The van der Waals surface area contributed by atoms with Crippen molar-refractivity contribution in [2.75, 3.05) is 6.54 Å². The maximum absolute atomic E-state index is 11.7. The molecule has 0 fully saturated rings. The van der Waals surface area contributed by atoms with Crippen LogP contribution in [0.1, 0.15) is 33.3 Å². The number of nitrogens with zero attached hydrogens (tertiary/aromatic N) is 5. The molecule has 12 heteroatoms. The molecule has 10 nitrogen and oxygen atoms in total. The SMILES string of the molecule is Cc1ccc(-n2c(C)nnc2S[C@@H](C[N+](=O)[O-])c2cc(Br)ccc2OCc2cccc([N+](=O)[O-])c2)cc1C. The molecule has 0 spiro atoms. The largest absolute Gasteiger partial charge is 0.489 e. The molecule has 0 radical (unpaired) electrons. The first-order chi connectivity index (χ1) is 18.1. The van der Waals surface area contributed by atoms with Crippen LogP contribution in [-0.2, 0) is 6.61 Å². The maximum atomic E-state index is 11.7. The van der Waals surface area contributed by atoms with Crippen molar-refractivity contribution in [3.8, 4) is 11.4 Å². The first-order valence-electron chi connectivity index (χ1n) is 11.6. The summed E-state index contributed by atoms with van der Waals surface area (Å²) in [5, 5.41) is 31.3. The minimum Gasteiger partial charge on any atom is -0.489 e. The molecule has 0 saturated heterocycles. The molecule has 4 rings (SSSR count). The normalized spacial score (nSPS) is 11.8. The fourth-order valence-corrected chi connectivity index (χ4v) is 5.44. The molecule has 3 aromatic carbocycles. The predicted molar refractivity (Wildman–Crippen MR) is 148 cm³/mol. The van der Waals surface area contributed by atoms with Gasteiger partial charge in [-0.2, -0.15) is 0 Å². The van der Waals surface area contributed by atoms with Crippen molar-refractivity contribution in [3.05, 3.63) is 113 Å². The van der Waals surface area contributed by atoms with Gasteiger partial charge in [0, 0.05) is 32.8 Å². The number of aromatic nitrogens is 3. The standard InChI is InChI=1S/C26H24BrN5O5S/c1-16-7-9-21(11-17(16)2)31-18(3)28-29-26(31)38-25(14-30(33)34)23-13-20(27)8-10-24(23)37-15-19-5-4-6-22(12-19)32(35)36/h4-13,25H,14-15H2,1-3H3/t25-/m0/s1. The van der Waals surface area contributed by atoms with Crippen LogP contribution in [0.15, 0.2) is 70.3 Å². The third-order valence-electron chi connectivity index (χ3n) is 5.94. The van der Waals surface area contributed by atoms with Gasteiger partial charge in [0.25, 0.3) is 5.69 Å². The summed E-state index contributed by atoms with van der Waals surface area (Å²) in [6.07, 6.45) is 0. The van der Waals surface area contributed by atoms with E-state index in [0.29, 0.717) is 27.9 Å². The number of aryl methyl sites for hydroxylation is 3. The van der Waals surface area contributed by atoms with E-state index in [-0.39, 0.29) is 23.8 Å². The van der Waals surface area contributed by atoms with E-state index in [1.54, 1.807) is 30.3 Å². The third kappa shape index (κ3) is 6.37. The highest BCUT2D eigenvalue weighted by molar-refractivity contribution is 9.10. The molecule has 1 aromatic heterocycles. The molecule has 1 atom stereocenters. The van der Waals surface area contributed by atoms with Crippen molar-refractivity contribution in [1.82, 2.24) is 14.8 Å². The van der Waals surface area contributed by atoms with Crippen LogP contribution in [0.25, 0.3) is 5.69 Å². The van der Waals surface area contributed by atoms with Gasteiger partial charge in [0.05, 0.1) is 4.92 Å². The lowest BCUT2D eigenvalue weighted by Crippen LogP contribution is -2.13.